The molecule has 1 N–H and O–H groups in total. The van der Waals surface area contributed by atoms with Crippen LogP contribution in [-0.2, 0) is 21.4 Å². The van der Waals surface area contributed by atoms with Crippen LogP contribution in [0.25, 0.3) is 0 Å². The zero-order valence-corrected chi connectivity index (χ0v) is 23.3. The molecule has 39 heavy (non-hydrogen) atoms. The Kier molecular flexibility index (Phi) is 9.21. The highest BCUT2D eigenvalue weighted by Crippen LogP contribution is 2.32. The van der Waals surface area contributed by atoms with E-state index >= 15 is 0 Å². The summed E-state index contributed by atoms with van der Waals surface area (Å²) >= 11 is 0. The van der Waals surface area contributed by atoms with Crippen LogP contribution >= 0.6 is 0 Å². The van der Waals surface area contributed by atoms with Crippen LogP contribution in [0.4, 0.5) is 5.69 Å². The van der Waals surface area contributed by atoms with Gasteiger partial charge in [-0.15, -0.1) is 0 Å². The Labute approximate surface area is 230 Å². The monoisotopic (exact) mass is 550 g/mol. The van der Waals surface area contributed by atoms with Gasteiger partial charge in [0.2, 0.25) is 0 Å². The van der Waals surface area contributed by atoms with Gasteiger partial charge >= 0.3 is 0 Å². The zero-order chi connectivity index (χ0) is 27.8. The lowest BCUT2D eigenvalue weighted by atomic mass is 10.1. The van der Waals surface area contributed by atoms with Gasteiger partial charge in [-0.1, -0.05) is 48.0 Å². The molecule has 0 aliphatic carbocycles. The van der Waals surface area contributed by atoms with Crippen molar-refractivity contribution in [3.05, 3.63) is 83.9 Å². The average molecular weight is 551 g/mol. The van der Waals surface area contributed by atoms with Crippen LogP contribution in [0.1, 0.15) is 24.0 Å². The molecule has 9 nitrogen and oxygen atoms in total. The van der Waals surface area contributed by atoms with Crippen molar-refractivity contribution in [2.24, 2.45) is 5.10 Å². The van der Waals surface area contributed by atoms with Crippen LogP contribution < -0.4 is 19.2 Å². The largest absolute Gasteiger partial charge is 0.493 e. The highest BCUT2D eigenvalue weighted by Gasteiger charge is 2.28. The van der Waals surface area contributed by atoms with Crippen molar-refractivity contribution in [3.8, 4) is 11.5 Å². The smallest absolute Gasteiger partial charge is 0.264 e. The van der Waals surface area contributed by atoms with Gasteiger partial charge < -0.3 is 9.47 Å². The fourth-order valence-electron chi connectivity index (χ4n) is 4.36. The summed E-state index contributed by atoms with van der Waals surface area (Å²) in [4.78, 5) is 15.3. The Morgan fingerprint density at radius 3 is 2.26 bits per heavy atom. The number of ether oxygens (including phenoxy) is 2. The molecule has 1 aliphatic rings. The summed E-state index contributed by atoms with van der Waals surface area (Å²) in [6.07, 6.45) is 1.47. The number of piperidine rings is 1. The number of anilines is 1. The number of amides is 1. The highest BCUT2D eigenvalue weighted by molar-refractivity contribution is 7.92. The van der Waals surface area contributed by atoms with Gasteiger partial charge in [-0.3, -0.25) is 14.0 Å². The Morgan fingerprint density at radius 1 is 0.949 bits per heavy atom. The molecule has 0 atom stereocenters. The first-order valence-electron chi connectivity index (χ1n) is 12.7. The third-order valence-corrected chi connectivity index (χ3v) is 8.34. The normalized spacial score (nSPS) is 14.0. The van der Waals surface area contributed by atoms with Crippen molar-refractivity contribution < 1.29 is 22.7 Å². The number of hydrazone groups is 1. The number of benzene rings is 3. The van der Waals surface area contributed by atoms with Crippen LogP contribution in [0, 0.1) is 6.92 Å². The van der Waals surface area contributed by atoms with E-state index in [1.54, 1.807) is 24.3 Å². The number of hydrogen-bond donors (Lipinski definition) is 1. The number of carbonyl (C=O) groups is 1. The van der Waals surface area contributed by atoms with Gasteiger partial charge in [-0.05, 0) is 36.8 Å². The topological polar surface area (TPSA) is 101 Å². The van der Waals surface area contributed by atoms with Crippen LogP contribution in [0.2, 0.25) is 0 Å². The second-order valence-corrected chi connectivity index (χ2v) is 11.2. The summed E-state index contributed by atoms with van der Waals surface area (Å²) in [6, 6.07) is 21.6. The van der Waals surface area contributed by atoms with Crippen molar-refractivity contribution in [2.45, 2.75) is 31.2 Å². The number of hydrogen-bond acceptors (Lipinski definition) is 7. The van der Waals surface area contributed by atoms with Gasteiger partial charge in [0.1, 0.15) is 6.54 Å². The van der Waals surface area contributed by atoms with E-state index < -0.39 is 22.5 Å². The molecule has 1 saturated heterocycles. The number of nitrogens with zero attached hydrogens (tertiary/aromatic N) is 3. The molecule has 0 spiro atoms. The first kappa shape index (κ1) is 28.1. The van der Waals surface area contributed by atoms with Crippen LogP contribution in [0.15, 0.2) is 82.8 Å². The van der Waals surface area contributed by atoms with E-state index in [-0.39, 0.29) is 10.6 Å². The second kappa shape index (κ2) is 12.8. The van der Waals surface area contributed by atoms with E-state index in [9.17, 15) is 13.2 Å². The quantitative estimate of drug-likeness (QED) is 0.384. The maximum atomic E-state index is 13.7. The van der Waals surface area contributed by atoms with Crippen molar-refractivity contribution in [1.82, 2.24) is 10.3 Å². The van der Waals surface area contributed by atoms with Crippen LogP contribution in [0.5, 0.6) is 11.5 Å². The Hall–Kier alpha value is -3.89. The number of carbonyl (C=O) groups excluding carboxylic acids is 1. The molecule has 1 amide bonds. The van der Waals surface area contributed by atoms with Gasteiger partial charge in [0, 0.05) is 44.3 Å². The first-order valence-corrected chi connectivity index (χ1v) is 14.2. The summed E-state index contributed by atoms with van der Waals surface area (Å²) < 4.78 is 39.0. The minimum absolute atomic E-state index is 0.0226. The molecule has 3 aromatic rings. The number of aryl methyl sites for hydroxylation is 1. The first-order chi connectivity index (χ1) is 18.8. The van der Waals surface area contributed by atoms with E-state index in [2.05, 4.69) is 27.6 Å². The molecule has 1 fully saturated rings. The molecular formula is C29H34N4O5S. The van der Waals surface area contributed by atoms with Gasteiger partial charge in [0.25, 0.3) is 15.9 Å². The number of sulfonamides is 1. The minimum atomic E-state index is -4.12. The third kappa shape index (κ3) is 7.15. The number of rotatable bonds is 10. The molecular weight excluding hydrogens is 516 g/mol. The molecule has 0 radical (unpaired) electrons. The maximum Gasteiger partial charge on any atom is 0.264 e. The van der Waals surface area contributed by atoms with Gasteiger partial charge in [0.05, 0.1) is 24.8 Å². The van der Waals surface area contributed by atoms with Crippen molar-refractivity contribution >= 4 is 27.3 Å². The van der Waals surface area contributed by atoms with Gasteiger partial charge in [-0.25, -0.2) is 13.8 Å². The molecule has 206 valence electrons. The highest BCUT2D eigenvalue weighted by atomic mass is 32.2. The molecule has 1 heterocycles. The van der Waals surface area contributed by atoms with E-state index in [1.165, 1.54) is 38.0 Å². The van der Waals surface area contributed by atoms with Crippen LogP contribution in [0.3, 0.4) is 0 Å². The van der Waals surface area contributed by atoms with Crippen molar-refractivity contribution in [3.63, 3.8) is 0 Å². The minimum Gasteiger partial charge on any atom is -0.493 e. The average Bonchev–Trinajstić information content (AvgIpc) is 2.96. The summed E-state index contributed by atoms with van der Waals surface area (Å²) in [7, 11) is -1.21. The third-order valence-electron chi connectivity index (χ3n) is 6.57. The molecule has 3 aromatic carbocycles. The fraction of sp³-hybridized carbons (Fsp3) is 0.310. The lowest BCUT2D eigenvalue weighted by molar-refractivity contribution is -0.119. The van der Waals surface area contributed by atoms with E-state index in [4.69, 9.17) is 9.47 Å². The summed E-state index contributed by atoms with van der Waals surface area (Å²) in [6.45, 7) is 4.03. The van der Waals surface area contributed by atoms with Gasteiger partial charge in [-0.2, -0.15) is 5.10 Å². The van der Waals surface area contributed by atoms with Crippen molar-refractivity contribution in [2.75, 3.05) is 38.2 Å². The lowest BCUT2D eigenvalue weighted by Crippen LogP contribution is -2.40. The molecule has 0 saturated carbocycles. The molecule has 4 rings (SSSR count). The predicted molar refractivity (Wildman–Crippen MR) is 152 cm³/mol. The van der Waals surface area contributed by atoms with E-state index in [0.29, 0.717) is 11.4 Å². The molecule has 0 unspecified atom stereocenters. The molecule has 1 aliphatic heterocycles. The number of methoxy groups -OCH3 is 2. The van der Waals surface area contributed by atoms with Gasteiger partial charge in [0.15, 0.2) is 11.5 Å². The maximum absolute atomic E-state index is 13.7. The number of nitrogens with one attached hydrogen (secondary N) is 1. The summed E-state index contributed by atoms with van der Waals surface area (Å²) in [5, 5.41) is 4.32. The molecule has 0 aromatic heterocycles. The lowest BCUT2D eigenvalue weighted by Gasteiger charge is -2.27. The van der Waals surface area contributed by atoms with E-state index in [0.717, 1.165) is 48.1 Å². The molecule has 10 heteroatoms. The summed E-state index contributed by atoms with van der Waals surface area (Å²) in [5.41, 5.74) is 6.06. The standard InChI is InChI=1S/C29H34N4O5S/c1-22-9-11-25(12-10-22)33(39(35,36)26-13-14-27(37-2)28(19-26)38-3)21-29(34)31-30-24-15-17-32(18-16-24)20-23-7-5-4-6-8-23/h4-14,19H,15-18,20-21H2,1-3H3,(H,31,34). The van der Waals surface area contributed by atoms with Crippen LogP contribution in [-0.4, -0.2) is 58.8 Å². The summed E-state index contributed by atoms with van der Waals surface area (Å²) in [5.74, 6) is 0.150. The second-order valence-electron chi connectivity index (χ2n) is 9.34. The molecule has 0 bridgehead atoms. The fourth-order valence-corrected chi connectivity index (χ4v) is 5.80. The Bertz CT molecular complexity index is 1400. The Balaban J connectivity index is 1.46. The number of likely N-dealkylation sites (tertiary alicyclic amines) is 1. The Morgan fingerprint density at radius 2 is 1.62 bits per heavy atom. The SMILES string of the molecule is COc1ccc(S(=O)(=O)N(CC(=O)NN=C2CCN(Cc3ccccc3)CC2)c2ccc(C)cc2)cc1OC. The van der Waals surface area contributed by atoms with Crippen molar-refractivity contribution in [1.29, 1.82) is 0 Å². The predicted octanol–water partition coefficient (Wildman–Crippen LogP) is 3.98. The van der Waals surface area contributed by atoms with E-state index in [1.807, 2.05) is 25.1 Å². The zero-order valence-electron chi connectivity index (χ0n) is 22.5.